The summed E-state index contributed by atoms with van der Waals surface area (Å²) in [5.74, 6) is -5.95. The summed E-state index contributed by atoms with van der Waals surface area (Å²) in [6, 6.07) is 6.29. The number of ether oxygens (including phenoxy) is 11. The number of hydrogen-bond acceptors (Lipinski definition) is 28. The zero-order valence-corrected chi connectivity index (χ0v) is 56.1. The van der Waals surface area contributed by atoms with E-state index >= 15 is 0 Å². The molecule has 1 aromatic carbocycles. The van der Waals surface area contributed by atoms with Crippen molar-refractivity contribution in [1.29, 1.82) is 0 Å². The SMILES string of the molecule is C=CC(=O)OCCOC(=O)CCCCCOC(=O)CC.C=CC(=O)OCCOC(=O)CCCCCOC(=O)CC(=O)NCCNC(C)=O.C=CC(=O)OCCOC(=O)CCCCCOC(=O)CC(C)=O.CNCCNC(=O)CC(=O)OCCOc1ccc(C(=O)C(C)(C)O)cc1. The third-order valence-electron chi connectivity index (χ3n) is 11.2. The minimum absolute atomic E-state index is 0.00267. The van der Waals surface area contributed by atoms with Gasteiger partial charge in [-0.05, 0) is 110 Å². The van der Waals surface area contributed by atoms with Gasteiger partial charge in [-0.25, -0.2) is 14.4 Å². The molecule has 0 aromatic heterocycles. The van der Waals surface area contributed by atoms with Crippen LogP contribution in [0.5, 0.6) is 5.75 Å². The van der Waals surface area contributed by atoms with E-state index in [1.807, 2.05) is 0 Å². The second-order valence-electron chi connectivity index (χ2n) is 20.2. The lowest BCUT2D eigenvalue weighted by Crippen LogP contribution is -2.34. The number of carbonyl (C=O) groups is 15. The quantitative estimate of drug-likeness (QED) is 0.0156. The fourth-order valence-electron chi connectivity index (χ4n) is 6.47. The van der Waals surface area contributed by atoms with Crippen molar-refractivity contribution in [3.05, 3.63) is 67.8 Å². The minimum Gasteiger partial charge on any atom is -0.490 e. The van der Waals surface area contributed by atoms with Crippen LogP contribution in [0.25, 0.3) is 0 Å². The summed E-state index contributed by atoms with van der Waals surface area (Å²) in [6.07, 6.45) is 9.20. The predicted molar refractivity (Wildman–Crippen MR) is 342 cm³/mol. The molecule has 96 heavy (non-hydrogen) atoms. The van der Waals surface area contributed by atoms with Crippen LogP contribution in [0.3, 0.4) is 0 Å². The molecule has 0 aliphatic heterocycles. The van der Waals surface area contributed by atoms with Gasteiger partial charge in [-0.3, -0.25) is 57.5 Å². The van der Waals surface area contributed by atoms with Crippen molar-refractivity contribution in [1.82, 2.24) is 21.3 Å². The lowest BCUT2D eigenvalue weighted by molar-refractivity contribution is -0.150. The summed E-state index contributed by atoms with van der Waals surface area (Å²) in [4.78, 5) is 167. The number of esters is 10. The zero-order valence-electron chi connectivity index (χ0n) is 56.1. The average Bonchev–Trinajstić information content (AvgIpc) is 0.910. The number of rotatable bonds is 49. The molecule has 5 N–H and O–H groups in total. The summed E-state index contributed by atoms with van der Waals surface area (Å²) in [5.41, 5.74) is -1.06. The molecule has 0 bridgehead atoms. The maximum Gasteiger partial charge on any atom is 0.330 e. The number of likely N-dealkylation sites (N-methyl/N-ethyl adjacent to an activating group) is 1. The van der Waals surface area contributed by atoms with Crippen molar-refractivity contribution in [2.45, 2.75) is 143 Å². The molecule has 540 valence electrons. The van der Waals surface area contributed by atoms with Gasteiger partial charge in [-0.15, -0.1) is 0 Å². The summed E-state index contributed by atoms with van der Waals surface area (Å²) in [7, 11) is 1.76. The van der Waals surface area contributed by atoms with E-state index in [2.05, 4.69) is 55.2 Å². The van der Waals surface area contributed by atoms with Gasteiger partial charge < -0.3 is 78.5 Å². The van der Waals surface area contributed by atoms with Crippen LogP contribution >= 0.6 is 0 Å². The van der Waals surface area contributed by atoms with Crippen LogP contribution in [0.15, 0.2) is 62.2 Å². The number of ketones is 2. The number of aliphatic hydroxyl groups is 1. The van der Waals surface area contributed by atoms with Crippen molar-refractivity contribution in [3.8, 4) is 5.75 Å². The topological polar surface area (TPSA) is 426 Å². The molecule has 0 saturated heterocycles. The van der Waals surface area contributed by atoms with Crippen LogP contribution in [0.4, 0.5) is 0 Å². The van der Waals surface area contributed by atoms with Crippen molar-refractivity contribution in [3.63, 3.8) is 0 Å². The highest BCUT2D eigenvalue weighted by Gasteiger charge is 2.25. The molecule has 0 unspecified atom stereocenters. The molecule has 1 rings (SSSR count). The molecule has 0 heterocycles. The maximum absolute atomic E-state index is 11.9. The normalized spacial score (nSPS) is 10.0. The molecule has 0 spiro atoms. The third kappa shape index (κ3) is 62.1. The molecule has 0 radical (unpaired) electrons. The largest absolute Gasteiger partial charge is 0.490 e. The van der Waals surface area contributed by atoms with Crippen LogP contribution < -0.4 is 26.0 Å². The van der Waals surface area contributed by atoms with Gasteiger partial charge >= 0.3 is 59.7 Å². The molecule has 31 nitrogen and oxygen atoms in total. The van der Waals surface area contributed by atoms with Gasteiger partial charge in [-0.2, -0.15) is 0 Å². The zero-order chi connectivity index (χ0) is 72.8. The lowest BCUT2D eigenvalue weighted by atomic mass is 9.97. The molecule has 1 aromatic rings. The Labute approximate surface area is 560 Å². The van der Waals surface area contributed by atoms with Gasteiger partial charge in [-0.1, -0.05) is 26.7 Å². The Morgan fingerprint density at radius 3 is 1.10 bits per heavy atom. The van der Waals surface area contributed by atoms with Crippen molar-refractivity contribution in [2.75, 3.05) is 106 Å². The van der Waals surface area contributed by atoms with Gasteiger partial charge in [0.2, 0.25) is 17.7 Å². The highest BCUT2D eigenvalue weighted by Crippen LogP contribution is 2.17. The Morgan fingerprint density at radius 1 is 0.417 bits per heavy atom. The molecular formula is C65H98N4O27. The number of Topliss-reactive ketones (excluding diaryl/α,β-unsaturated/α-hetero) is 2. The first kappa shape index (κ1) is 90.8. The Morgan fingerprint density at radius 2 is 0.750 bits per heavy atom. The maximum atomic E-state index is 11.9. The van der Waals surface area contributed by atoms with Gasteiger partial charge in [0.15, 0.2) is 5.78 Å². The Hall–Kier alpha value is -9.39. The van der Waals surface area contributed by atoms with Crippen molar-refractivity contribution in [2.24, 2.45) is 0 Å². The number of unbranched alkanes of at least 4 members (excludes halogenated alkanes) is 6. The second kappa shape index (κ2) is 60.5. The first-order valence-electron chi connectivity index (χ1n) is 31.0. The molecule has 31 heteroatoms. The predicted octanol–water partition coefficient (Wildman–Crippen LogP) is 3.41. The van der Waals surface area contributed by atoms with Crippen LogP contribution in [-0.4, -0.2) is 206 Å². The lowest BCUT2D eigenvalue weighted by Gasteiger charge is -2.15. The third-order valence-corrected chi connectivity index (χ3v) is 11.2. The Balaban J connectivity index is -0.00000121. The highest BCUT2D eigenvalue weighted by atomic mass is 16.6. The van der Waals surface area contributed by atoms with E-state index in [0.717, 1.165) is 31.1 Å². The van der Waals surface area contributed by atoms with E-state index in [1.54, 1.807) is 38.2 Å². The Kier molecular flexibility index (Phi) is 57.3. The second-order valence-corrected chi connectivity index (χ2v) is 20.2. The number of amides is 3. The summed E-state index contributed by atoms with van der Waals surface area (Å²) < 4.78 is 53.5. The number of hydrogen-bond donors (Lipinski definition) is 5. The first-order chi connectivity index (χ1) is 45.6. The number of benzene rings is 1. The van der Waals surface area contributed by atoms with Gasteiger partial charge in [0.1, 0.15) is 89.3 Å². The smallest absolute Gasteiger partial charge is 0.330 e. The molecule has 0 atom stereocenters. The number of nitrogens with one attached hydrogen (secondary N) is 4. The monoisotopic (exact) mass is 1370 g/mol. The van der Waals surface area contributed by atoms with Crippen LogP contribution in [0.2, 0.25) is 0 Å². The summed E-state index contributed by atoms with van der Waals surface area (Å²) >= 11 is 0. The highest BCUT2D eigenvalue weighted by molar-refractivity contribution is 6.02. The molecule has 0 aliphatic carbocycles. The van der Waals surface area contributed by atoms with E-state index in [4.69, 9.17) is 37.9 Å². The molecule has 0 saturated carbocycles. The van der Waals surface area contributed by atoms with Gasteiger partial charge in [0.05, 0.1) is 19.8 Å². The van der Waals surface area contributed by atoms with E-state index in [1.165, 1.54) is 27.7 Å². The van der Waals surface area contributed by atoms with Gasteiger partial charge in [0.25, 0.3) is 0 Å². The van der Waals surface area contributed by atoms with Crippen LogP contribution in [-0.2, 0) is 114 Å². The number of carbonyl (C=O) groups excluding carboxylic acids is 15. The average molecular weight is 1370 g/mol. The van der Waals surface area contributed by atoms with E-state index in [-0.39, 0.29) is 140 Å². The standard InChI is InChI=1S/C18H28N2O8.C18H26N2O6.C15H22O7.C14H22O6/c1-3-16(23)27-11-12-28-17(24)7-5-4-6-10-26-18(25)13-15(22)20-9-8-19-14(2)21;1-18(2,24)17(23)13-4-6-14(7-5-13)25-10-11-26-16(22)12-15(21)20-9-8-19-3;1-3-13(17)21-9-10-22-14(18)7-5-4-6-8-20-15(19)11-12(2)16;1-3-12(15)18-9-7-5-6-8-14(17)20-11-10-19-13(16)4-2/h3H,1,4-13H2,2H3,(H,19,21)(H,20,22);4-7,19,24H,8-12H2,1-3H3,(H,20,21);3H,1,4-11H2,2H3;4H,2-3,5-11H2,1H3. The van der Waals surface area contributed by atoms with E-state index in [9.17, 15) is 77.0 Å². The summed E-state index contributed by atoms with van der Waals surface area (Å²) in [6.45, 7) is 19.6. The molecule has 3 amide bonds. The molecule has 0 aliphatic rings. The van der Waals surface area contributed by atoms with E-state index in [0.29, 0.717) is 95.3 Å². The minimum atomic E-state index is -1.43. The summed E-state index contributed by atoms with van der Waals surface area (Å²) in [5, 5.41) is 20.1. The van der Waals surface area contributed by atoms with Crippen LogP contribution in [0.1, 0.15) is 148 Å². The Bertz CT molecular complexity index is 2560. The van der Waals surface area contributed by atoms with Crippen LogP contribution in [0, 0.1) is 0 Å². The van der Waals surface area contributed by atoms with E-state index < -0.39 is 59.2 Å². The fraction of sp³-hybridized carbons (Fsp3) is 0.585. The first-order valence-corrected chi connectivity index (χ1v) is 31.0. The molecule has 0 fully saturated rings. The van der Waals surface area contributed by atoms with Gasteiger partial charge in [0, 0.05) is 82.6 Å². The fourth-order valence-corrected chi connectivity index (χ4v) is 6.47. The molecular weight excluding hydrogens is 1270 g/mol. The van der Waals surface area contributed by atoms with Crippen molar-refractivity contribution < 1.29 is 129 Å². The van der Waals surface area contributed by atoms with Crippen molar-refractivity contribution >= 4 is 89.0 Å².